The van der Waals surface area contributed by atoms with Gasteiger partial charge in [0.25, 0.3) is 5.91 Å². The van der Waals surface area contributed by atoms with Gasteiger partial charge in [0.05, 0.1) is 4.90 Å². The summed E-state index contributed by atoms with van der Waals surface area (Å²) in [4.78, 5) is 11.4. The maximum atomic E-state index is 13.4. The standard InChI is InChI=1S/C17H16F4N2O4S/c18-14-3-1-2-4-15(14)27-10-9-23-28(25,26)13-7-5-12(6-8-13)16(24)22-11-17(19,20)21/h1-8,23H,9-11H2,(H,22,24). The first kappa shape index (κ1) is 21.6. The number of nitrogens with one attached hydrogen (secondary N) is 2. The van der Waals surface area contributed by atoms with Crippen LogP contribution in [-0.4, -0.2) is 40.2 Å². The van der Waals surface area contributed by atoms with Gasteiger partial charge in [0.2, 0.25) is 10.0 Å². The average molecular weight is 420 g/mol. The Balaban J connectivity index is 1.89. The van der Waals surface area contributed by atoms with Crippen LogP contribution in [0.3, 0.4) is 0 Å². The summed E-state index contributed by atoms with van der Waals surface area (Å²) in [5, 5.41) is 1.68. The van der Waals surface area contributed by atoms with Gasteiger partial charge >= 0.3 is 6.18 Å². The minimum absolute atomic E-state index is 0.0177. The Morgan fingerprint density at radius 2 is 1.68 bits per heavy atom. The third-order valence-electron chi connectivity index (χ3n) is 3.36. The molecule has 0 aliphatic heterocycles. The molecule has 0 saturated carbocycles. The van der Waals surface area contributed by atoms with Crippen molar-refractivity contribution in [2.24, 2.45) is 0 Å². The molecule has 1 amide bonds. The van der Waals surface area contributed by atoms with Crippen LogP contribution in [0.5, 0.6) is 5.75 Å². The van der Waals surface area contributed by atoms with Gasteiger partial charge in [0, 0.05) is 12.1 Å². The number of ether oxygens (including phenoxy) is 1. The molecule has 0 aliphatic carbocycles. The lowest BCUT2D eigenvalue weighted by atomic mass is 10.2. The molecule has 11 heteroatoms. The smallest absolute Gasteiger partial charge is 0.405 e. The molecule has 6 nitrogen and oxygen atoms in total. The van der Waals surface area contributed by atoms with Crippen LogP contribution in [0.25, 0.3) is 0 Å². The maximum Gasteiger partial charge on any atom is 0.405 e. The van der Waals surface area contributed by atoms with Gasteiger partial charge in [-0.3, -0.25) is 4.79 Å². The van der Waals surface area contributed by atoms with E-state index in [0.717, 1.165) is 24.3 Å². The highest BCUT2D eigenvalue weighted by Gasteiger charge is 2.28. The van der Waals surface area contributed by atoms with Gasteiger partial charge in [-0.1, -0.05) is 12.1 Å². The maximum absolute atomic E-state index is 13.4. The summed E-state index contributed by atoms with van der Waals surface area (Å²) in [6, 6.07) is 10.0. The van der Waals surface area contributed by atoms with Crippen molar-refractivity contribution in [3.8, 4) is 5.75 Å². The molecule has 0 unspecified atom stereocenters. The van der Waals surface area contributed by atoms with E-state index >= 15 is 0 Å². The van der Waals surface area contributed by atoms with Gasteiger partial charge in [-0.2, -0.15) is 13.2 Å². The van der Waals surface area contributed by atoms with Crippen LogP contribution in [0, 0.1) is 5.82 Å². The SMILES string of the molecule is O=C(NCC(F)(F)F)c1ccc(S(=O)(=O)NCCOc2ccccc2F)cc1. The third kappa shape index (κ3) is 6.50. The Morgan fingerprint density at radius 3 is 2.29 bits per heavy atom. The molecule has 0 aliphatic rings. The molecule has 0 heterocycles. The Bertz CT molecular complexity index is 915. The van der Waals surface area contributed by atoms with Crippen molar-refractivity contribution in [2.45, 2.75) is 11.1 Å². The first-order chi connectivity index (χ1) is 13.1. The van der Waals surface area contributed by atoms with E-state index in [2.05, 4.69) is 4.72 Å². The van der Waals surface area contributed by atoms with Crippen LogP contribution in [0.2, 0.25) is 0 Å². The Kier molecular flexibility index (Phi) is 6.97. The van der Waals surface area contributed by atoms with Crippen molar-refractivity contribution >= 4 is 15.9 Å². The normalized spacial score (nSPS) is 11.9. The van der Waals surface area contributed by atoms with E-state index in [-0.39, 0.29) is 29.4 Å². The van der Waals surface area contributed by atoms with Crippen LogP contribution in [-0.2, 0) is 10.0 Å². The molecule has 0 radical (unpaired) electrons. The van der Waals surface area contributed by atoms with Gasteiger partial charge in [-0.25, -0.2) is 17.5 Å². The molecule has 152 valence electrons. The van der Waals surface area contributed by atoms with Crippen molar-refractivity contribution < 1.29 is 35.5 Å². The number of carbonyl (C=O) groups is 1. The van der Waals surface area contributed by atoms with Crippen LogP contribution < -0.4 is 14.8 Å². The Morgan fingerprint density at radius 1 is 1.04 bits per heavy atom. The topological polar surface area (TPSA) is 84.5 Å². The number of amides is 1. The summed E-state index contributed by atoms with van der Waals surface area (Å²) in [7, 11) is -3.94. The molecule has 0 bridgehead atoms. The molecule has 2 aromatic rings. The van der Waals surface area contributed by atoms with E-state index in [1.807, 2.05) is 0 Å². The summed E-state index contributed by atoms with van der Waals surface area (Å²) in [5.74, 6) is -1.58. The van der Waals surface area contributed by atoms with Crippen molar-refractivity contribution in [3.05, 3.63) is 59.9 Å². The monoisotopic (exact) mass is 420 g/mol. The van der Waals surface area contributed by atoms with Crippen molar-refractivity contribution in [2.75, 3.05) is 19.7 Å². The Hall–Kier alpha value is -2.66. The minimum Gasteiger partial charge on any atom is -0.489 e. The van der Waals surface area contributed by atoms with E-state index in [1.165, 1.54) is 18.2 Å². The number of hydrogen-bond acceptors (Lipinski definition) is 4. The van der Waals surface area contributed by atoms with Gasteiger partial charge in [-0.05, 0) is 36.4 Å². The van der Waals surface area contributed by atoms with E-state index in [4.69, 9.17) is 4.74 Å². The lowest BCUT2D eigenvalue weighted by molar-refractivity contribution is -0.123. The zero-order valence-electron chi connectivity index (χ0n) is 14.3. The fraction of sp³-hybridized carbons (Fsp3) is 0.235. The van der Waals surface area contributed by atoms with E-state index in [1.54, 1.807) is 11.4 Å². The second-order valence-corrected chi connectivity index (χ2v) is 7.27. The molecule has 28 heavy (non-hydrogen) atoms. The van der Waals surface area contributed by atoms with Crippen LogP contribution in [0.15, 0.2) is 53.4 Å². The number of halogens is 4. The summed E-state index contributed by atoms with van der Waals surface area (Å²) in [6.45, 7) is -1.77. The van der Waals surface area contributed by atoms with Crippen LogP contribution in [0.4, 0.5) is 17.6 Å². The molecule has 2 aromatic carbocycles. The van der Waals surface area contributed by atoms with E-state index in [9.17, 15) is 30.8 Å². The fourth-order valence-corrected chi connectivity index (χ4v) is 3.06. The number of hydrogen-bond donors (Lipinski definition) is 2. The average Bonchev–Trinajstić information content (AvgIpc) is 2.64. The number of sulfonamides is 1. The Labute approximate surface area is 158 Å². The molecule has 2 N–H and O–H groups in total. The zero-order valence-corrected chi connectivity index (χ0v) is 15.1. The fourth-order valence-electron chi connectivity index (χ4n) is 2.05. The van der Waals surface area contributed by atoms with Crippen molar-refractivity contribution in [3.63, 3.8) is 0 Å². The summed E-state index contributed by atoms with van der Waals surface area (Å²) < 4.78 is 81.3. The first-order valence-electron chi connectivity index (χ1n) is 7.90. The van der Waals surface area contributed by atoms with Gasteiger partial charge in [0.15, 0.2) is 11.6 Å². The highest BCUT2D eigenvalue weighted by Crippen LogP contribution is 2.16. The predicted octanol–water partition coefficient (Wildman–Crippen LogP) is 2.48. The number of alkyl halides is 3. The quantitative estimate of drug-likeness (QED) is 0.508. The number of para-hydroxylation sites is 1. The third-order valence-corrected chi connectivity index (χ3v) is 4.84. The molecule has 0 aromatic heterocycles. The van der Waals surface area contributed by atoms with Gasteiger partial charge in [0.1, 0.15) is 13.2 Å². The molecular formula is C17H16F4N2O4S. The lowest BCUT2D eigenvalue weighted by Gasteiger charge is -2.10. The molecule has 0 spiro atoms. The summed E-state index contributed by atoms with van der Waals surface area (Å²) in [5.41, 5.74) is -0.119. The minimum atomic E-state index is -4.55. The number of benzene rings is 2. The highest BCUT2D eigenvalue weighted by molar-refractivity contribution is 7.89. The number of carbonyl (C=O) groups excluding carboxylic acids is 1. The van der Waals surface area contributed by atoms with Crippen molar-refractivity contribution in [1.82, 2.24) is 10.0 Å². The van der Waals surface area contributed by atoms with Gasteiger partial charge < -0.3 is 10.1 Å². The summed E-state index contributed by atoms with van der Waals surface area (Å²) >= 11 is 0. The van der Waals surface area contributed by atoms with Crippen LogP contribution in [0.1, 0.15) is 10.4 Å². The predicted molar refractivity (Wildman–Crippen MR) is 91.9 cm³/mol. The zero-order chi connectivity index (χ0) is 20.8. The molecule has 2 rings (SSSR count). The van der Waals surface area contributed by atoms with Crippen LogP contribution >= 0.6 is 0 Å². The largest absolute Gasteiger partial charge is 0.489 e. The molecule has 0 fully saturated rings. The molecule has 0 atom stereocenters. The lowest BCUT2D eigenvalue weighted by Crippen LogP contribution is -2.33. The first-order valence-corrected chi connectivity index (χ1v) is 9.39. The van der Waals surface area contributed by atoms with Crippen molar-refractivity contribution in [1.29, 1.82) is 0 Å². The molecule has 0 saturated heterocycles. The molecular weight excluding hydrogens is 404 g/mol. The second-order valence-electron chi connectivity index (χ2n) is 5.50. The van der Waals surface area contributed by atoms with E-state index in [0.29, 0.717) is 0 Å². The van der Waals surface area contributed by atoms with Gasteiger partial charge in [-0.15, -0.1) is 0 Å². The highest BCUT2D eigenvalue weighted by atomic mass is 32.2. The van der Waals surface area contributed by atoms with E-state index < -0.39 is 34.5 Å². The number of rotatable bonds is 8. The second kappa shape index (κ2) is 9.02. The summed E-state index contributed by atoms with van der Waals surface area (Å²) in [6.07, 6.45) is -4.55.